The summed E-state index contributed by atoms with van der Waals surface area (Å²) in [4.78, 5) is 19.3. The number of carboxylic acid groups (broad SMARTS) is 1. The first kappa shape index (κ1) is 24.4. The smallest absolute Gasteiger partial charge is 0.303 e. The lowest BCUT2D eigenvalue weighted by molar-refractivity contribution is -0.137. The first-order valence-electron chi connectivity index (χ1n) is 11.1. The van der Waals surface area contributed by atoms with Crippen molar-refractivity contribution in [1.82, 2.24) is 9.55 Å². The summed E-state index contributed by atoms with van der Waals surface area (Å²) in [6.07, 6.45) is 5.70. The quantitative estimate of drug-likeness (QED) is 0.179. The lowest BCUT2D eigenvalue weighted by Crippen LogP contribution is -2.07. The Morgan fingerprint density at radius 2 is 2.00 bits per heavy atom. The Labute approximate surface area is 202 Å². The van der Waals surface area contributed by atoms with Gasteiger partial charge in [0.25, 0.3) is 10.1 Å². The Balaban J connectivity index is 1.92. The second kappa shape index (κ2) is 9.88. The van der Waals surface area contributed by atoms with E-state index >= 15 is 0 Å². The number of benzene rings is 2. The topological polar surface area (TPSA) is 147 Å². The minimum Gasteiger partial charge on any atom is -0.481 e. The molecule has 1 aromatic carbocycles. The van der Waals surface area contributed by atoms with Crippen molar-refractivity contribution in [3.8, 4) is 22.7 Å². The summed E-state index contributed by atoms with van der Waals surface area (Å²) in [5.41, 5.74) is 1.98. The number of aromatic nitrogens is 2. The Bertz CT molecular complexity index is 1540. The van der Waals surface area contributed by atoms with Crippen LogP contribution in [0.25, 0.3) is 33.7 Å². The number of nitrogens with zero attached hydrogens (tertiary/aromatic N) is 3. The van der Waals surface area contributed by atoms with E-state index in [1.807, 2.05) is 22.9 Å². The predicted octanol–water partition coefficient (Wildman–Crippen LogP) is 3.87. The van der Waals surface area contributed by atoms with Gasteiger partial charge in [-0.15, -0.1) is 0 Å². The molecule has 35 heavy (non-hydrogen) atoms. The summed E-state index contributed by atoms with van der Waals surface area (Å²) < 4.78 is 42.2. The van der Waals surface area contributed by atoms with Crippen LogP contribution in [0.1, 0.15) is 25.7 Å². The van der Waals surface area contributed by atoms with Crippen LogP contribution in [0.2, 0.25) is 0 Å². The minimum atomic E-state index is -4.52. The van der Waals surface area contributed by atoms with Crippen molar-refractivity contribution in [2.24, 2.45) is 4.99 Å². The van der Waals surface area contributed by atoms with Crippen molar-refractivity contribution in [1.29, 1.82) is 0 Å². The van der Waals surface area contributed by atoms with E-state index in [1.165, 1.54) is 12.1 Å². The number of imidazole rings is 1. The summed E-state index contributed by atoms with van der Waals surface area (Å²) in [6, 6.07) is 8.40. The Morgan fingerprint density at radius 1 is 1.20 bits per heavy atom. The third-order valence-electron chi connectivity index (χ3n) is 5.84. The van der Waals surface area contributed by atoms with Crippen molar-refractivity contribution in [3.05, 3.63) is 48.1 Å². The Kier molecular flexibility index (Phi) is 6.90. The molecule has 0 unspecified atom stereocenters. The predicted molar refractivity (Wildman–Crippen MR) is 131 cm³/mol. The molecular weight excluding hydrogens is 472 g/mol. The minimum absolute atomic E-state index is 0.128. The molecule has 2 aliphatic rings. The number of rotatable bonds is 9. The Hall–Kier alpha value is -3.70. The van der Waals surface area contributed by atoms with Gasteiger partial charge < -0.3 is 19.4 Å². The second-order valence-electron chi connectivity index (χ2n) is 8.10. The maximum absolute atomic E-state index is 12.1. The molecule has 0 fully saturated rings. The fourth-order valence-electron chi connectivity index (χ4n) is 4.15. The van der Waals surface area contributed by atoms with Crippen molar-refractivity contribution in [2.75, 3.05) is 19.4 Å². The monoisotopic (exact) mass is 498 g/mol. The van der Waals surface area contributed by atoms with Crippen LogP contribution >= 0.6 is 0 Å². The zero-order valence-electron chi connectivity index (χ0n) is 19.4. The third-order valence-corrected chi connectivity index (χ3v) is 6.73. The maximum Gasteiger partial charge on any atom is 0.303 e. The first-order chi connectivity index (χ1) is 16.7. The lowest BCUT2D eigenvalue weighted by Gasteiger charge is -2.18. The fraction of sp³-hybridized carbons (Fsp3) is 0.292. The van der Waals surface area contributed by atoms with E-state index in [2.05, 4.69) is 15.3 Å². The summed E-state index contributed by atoms with van der Waals surface area (Å²) in [6.45, 7) is 0.603. The summed E-state index contributed by atoms with van der Waals surface area (Å²) in [5, 5.41) is 12.8. The molecule has 0 bridgehead atoms. The maximum atomic E-state index is 12.1. The molecule has 4 rings (SSSR count). The van der Waals surface area contributed by atoms with Crippen LogP contribution in [0.15, 0.2) is 57.0 Å². The van der Waals surface area contributed by atoms with Crippen LogP contribution in [0.3, 0.4) is 0 Å². The van der Waals surface area contributed by atoms with Crippen molar-refractivity contribution in [3.63, 3.8) is 0 Å². The molecule has 1 aromatic heterocycles. The molecule has 0 amide bonds. The molecule has 0 radical (unpaired) electrons. The summed E-state index contributed by atoms with van der Waals surface area (Å²) >= 11 is 0. The van der Waals surface area contributed by atoms with E-state index in [0.717, 1.165) is 18.2 Å². The lowest BCUT2D eigenvalue weighted by atomic mass is 9.98. The van der Waals surface area contributed by atoms with Crippen LogP contribution in [0, 0.1) is 0 Å². The zero-order chi connectivity index (χ0) is 25.2. The van der Waals surface area contributed by atoms with E-state index in [-0.39, 0.29) is 17.0 Å². The summed E-state index contributed by atoms with van der Waals surface area (Å²) in [7, 11) is -1.28. The Morgan fingerprint density at radius 3 is 2.69 bits per heavy atom. The van der Waals surface area contributed by atoms with Gasteiger partial charge in [0.1, 0.15) is 22.1 Å². The highest BCUT2D eigenvalue weighted by atomic mass is 32.2. The third kappa shape index (κ3) is 5.05. The number of anilines is 1. The molecule has 2 aromatic rings. The zero-order valence-corrected chi connectivity index (χ0v) is 20.2. The van der Waals surface area contributed by atoms with Gasteiger partial charge in [-0.1, -0.05) is 6.42 Å². The number of aryl methyl sites for hydroxylation is 1. The molecule has 10 nitrogen and oxygen atoms in total. The molecule has 2 heterocycles. The highest BCUT2D eigenvalue weighted by Crippen LogP contribution is 2.41. The van der Waals surface area contributed by atoms with Gasteiger partial charge in [0, 0.05) is 68.1 Å². The first-order valence-corrected chi connectivity index (χ1v) is 12.5. The molecular formula is C24H26N4O6S. The van der Waals surface area contributed by atoms with Crippen molar-refractivity contribution < 1.29 is 27.3 Å². The normalized spacial score (nSPS) is 12.5. The molecule has 0 spiro atoms. The molecule has 0 saturated heterocycles. The van der Waals surface area contributed by atoms with E-state index in [0.29, 0.717) is 46.6 Å². The average molecular weight is 499 g/mol. The van der Waals surface area contributed by atoms with Gasteiger partial charge in [-0.05, 0) is 31.0 Å². The highest BCUT2D eigenvalue weighted by molar-refractivity contribution is 7.86. The van der Waals surface area contributed by atoms with Crippen molar-refractivity contribution in [2.45, 2.75) is 37.1 Å². The summed E-state index contributed by atoms with van der Waals surface area (Å²) in [5.74, 6) is 0.343. The van der Waals surface area contributed by atoms with Gasteiger partial charge >= 0.3 is 5.97 Å². The molecule has 0 atom stereocenters. The molecule has 11 heteroatoms. The van der Waals surface area contributed by atoms with Crippen LogP contribution in [-0.2, 0) is 21.5 Å². The fourth-order valence-corrected chi connectivity index (χ4v) is 4.85. The largest absolute Gasteiger partial charge is 0.481 e. The second-order valence-corrected chi connectivity index (χ2v) is 9.49. The van der Waals surface area contributed by atoms with Gasteiger partial charge in [-0.25, -0.2) is 4.98 Å². The SMILES string of the molecule is C/N=c1/ccc2c(-c3nccn3CCCCCC(=O)O)c3cc(S(=O)(=O)O)c(NC)cc3oc-2c1. The number of hydrogen-bond acceptors (Lipinski definition) is 7. The van der Waals surface area contributed by atoms with Crippen LogP contribution < -0.4 is 10.7 Å². The molecule has 0 saturated carbocycles. The molecule has 184 valence electrons. The number of aliphatic carboxylic acids is 1. The van der Waals surface area contributed by atoms with Gasteiger partial charge in [0.15, 0.2) is 0 Å². The number of nitrogens with one attached hydrogen (secondary N) is 1. The molecule has 1 aliphatic heterocycles. The van der Waals surface area contributed by atoms with Gasteiger partial charge in [0.05, 0.1) is 11.0 Å². The molecule has 1 aliphatic carbocycles. The number of carboxylic acids is 1. The van der Waals surface area contributed by atoms with Crippen LogP contribution in [0.5, 0.6) is 0 Å². The van der Waals surface area contributed by atoms with Crippen LogP contribution in [0.4, 0.5) is 5.69 Å². The highest BCUT2D eigenvalue weighted by Gasteiger charge is 2.24. The van der Waals surface area contributed by atoms with Gasteiger partial charge in [-0.2, -0.15) is 8.42 Å². The number of fused-ring (bicyclic) bond motifs is 2. The van der Waals surface area contributed by atoms with E-state index in [1.54, 1.807) is 26.4 Å². The van der Waals surface area contributed by atoms with E-state index in [9.17, 15) is 17.8 Å². The van der Waals surface area contributed by atoms with Gasteiger partial charge in [0.2, 0.25) is 0 Å². The van der Waals surface area contributed by atoms with E-state index < -0.39 is 16.1 Å². The standard InChI is InChI=1S/C24H26N4O6S/c1-25-15-7-8-16-19(12-15)34-20-14-18(26-2)21(35(31,32)33)13-17(20)23(16)24-27-9-11-28(24)10-5-3-4-6-22(29)30/h7-9,11-14,26H,3-6,10H2,1-2H3,(H,29,30)(H,31,32,33)/b25-15-. The number of carbonyl (C=O) groups is 1. The molecule has 3 N–H and O–H groups in total. The average Bonchev–Trinajstić information content (AvgIpc) is 3.28. The number of unbranched alkanes of at least 4 members (excludes halogenated alkanes) is 2. The van der Waals surface area contributed by atoms with E-state index in [4.69, 9.17) is 9.52 Å². The van der Waals surface area contributed by atoms with Gasteiger partial charge in [-0.3, -0.25) is 14.3 Å². The number of hydrogen-bond donors (Lipinski definition) is 3. The van der Waals surface area contributed by atoms with Crippen molar-refractivity contribution >= 4 is 32.7 Å². The van der Waals surface area contributed by atoms with Crippen LogP contribution in [-0.4, -0.2) is 47.7 Å².